The largest absolute Gasteiger partial charge is 0.497 e. The van der Waals surface area contributed by atoms with Crippen molar-refractivity contribution in [1.29, 1.82) is 0 Å². The summed E-state index contributed by atoms with van der Waals surface area (Å²) in [5, 5.41) is 12.6. The maximum atomic E-state index is 12.3. The number of rotatable bonds is 8. The number of carbonyl (C=O) groups is 3. The highest BCUT2D eigenvalue weighted by atomic mass is 16.5. The molecule has 1 aromatic rings. The molecule has 1 aliphatic rings. The molecule has 1 saturated carbocycles. The van der Waals surface area contributed by atoms with Crippen molar-refractivity contribution in [2.24, 2.45) is 10.4 Å². The summed E-state index contributed by atoms with van der Waals surface area (Å²) in [7, 11) is 2.80. The molecule has 0 unspecified atom stereocenters. The van der Waals surface area contributed by atoms with Crippen LogP contribution in [0.3, 0.4) is 0 Å². The lowest BCUT2D eigenvalue weighted by atomic mass is 9.78. The molecule has 0 aromatic heterocycles. The Kier molecular flexibility index (Phi) is 7.36. The van der Waals surface area contributed by atoms with Crippen molar-refractivity contribution in [1.82, 2.24) is 5.32 Å². The second-order valence-electron chi connectivity index (χ2n) is 7.25. The summed E-state index contributed by atoms with van der Waals surface area (Å²) in [5.41, 5.74) is 0.144. The number of nitrogens with zero attached hydrogens (tertiary/aromatic N) is 1. The highest BCUT2D eigenvalue weighted by molar-refractivity contribution is 6.08. The molecule has 158 valence electrons. The van der Waals surface area contributed by atoms with Crippen LogP contribution in [0.15, 0.2) is 29.3 Å². The number of hydrogen-bond donors (Lipinski definition) is 2. The minimum Gasteiger partial charge on any atom is -0.497 e. The first-order valence-electron chi connectivity index (χ1n) is 9.53. The first kappa shape index (κ1) is 22.4. The van der Waals surface area contributed by atoms with Crippen molar-refractivity contribution in [3.05, 3.63) is 29.8 Å². The third kappa shape index (κ3) is 5.13. The number of ether oxygens (including phenoxy) is 2. The number of amides is 1. The van der Waals surface area contributed by atoms with Crippen LogP contribution in [-0.2, 0) is 19.1 Å². The van der Waals surface area contributed by atoms with E-state index >= 15 is 0 Å². The van der Waals surface area contributed by atoms with Gasteiger partial charge in [-0.2, -0.15) is 0 Å². The maximum absolute atomic E-state index is 12.3. The van der Waals surface area contributed by atoms with Crippen LogP contribution in [-0.4, -0.2) is 48.9 Å². The van der Waals surface area contributed by atoms with Crippen LogP contribution >= 0.6 is 0 Å². The number of nitrogens with one attached hydrogen (secondary N) is 1. The topological polar surface area (TPSA) is 114 Å². The molecule has 8 nitrogen and oxygen atoms in total. The Morgan fingerprint density at radius 3 is 2.41 bits per heavy atom. The quantitative estimate of drug-likeness (QED) is 0.644. The number of carboxylic acid groups (broad SMARTS) is 1. The van der Waals surface area contributed by atoms with Crippen LogP contribution < -0.4 is 10.1 Å². The Balaban J connectivity index is 2.35. The summed E-state index contributed by atoms with van der Waals surface area (Å²) in [6.07, 6.45) is 1.43. The highest BCUT2D eigenvalue weighted by Gasteiger charge is 2.49. The first-order valence-corrected chi connectivity index (χ1v) is 9.53. The zero-order valence-corrected chi connectivity index (χ0v) is 17.2. The summed E-state index contributed by atoms with van der Waals surface area (Å²) < 4.78 is 9.92. The van der Waals surface area contributed by atoms with Gasteiger partial charge in [0.25, 0.3) is 0 Å². The second kappa shape index (κ2) is 9.54. The standard InChI is InChI=1S/C21H28N2O6/c1-13(15-7-9-16(28-3)10-8-15)22-18-6-5-11-21(18,20(26)27)12-17(19(25)29-4)23-14(2)24/h7-10,13,17H,5-6,11-12H2,1-4H3,(H,23,24)(H,26,27)/t13-,17-,21-/m0/s1. The molecule has 1 amide bonds. The molecule has 2 rings (SSSR count). The predicted molar refractivity (Wildman–Crippen MR) is 107 cm³/mol. The summed E-state index contributed by atoms with van der Waals surface area (Å²) in [5.74, 6) is -1.42. The van der Waals surface area contributed by atoms with E-state index in [0.29, 0.717) is 25.0 Å². The average molecular weight is 404 g/mol. The number of carbonyl (C=O) groups excluding carboxylic acids is 2. The van der Waals surface area contributed by atoms with E-state index in [-0.39, 0.29) is 12.5 Å². The summed E-state index contributed by atoms with van der Waals surface area (Å²) in [6, 6.07) is 6.13. The summed E-state index contributed by atoms with van der Waals surface area (Å²) >= 11 is 0. The lowest BCUT2D eigenvalue weighted by molar-refractivity contribution is -0.149. The molecule has 8 heteroatoms. The van der Waals surface area contributed by atoms with Gasteiger partial charge in [0.15, 0.2) is 0 Å². The third-order valence-corrected chi connectivity index (χ3v) is 5.34. The van der Waals surface area contributed by atoms with Gasteiger partial charge in [0, 0.05) is 12.6 Å². The van der Waals surface area contributed by atoms with Crippen molar-refractivity contribution < 1.29 is 29.0 Å². The van der Waals surface area contributed by atoms with Crippen LogP contribution in [0.1, 0.15) is 51.1 Å². The van der Waals surface area contributed by atoms with Gasteiger partial charge in [0.1, 0.15) is 17.2 Å². The SMILES string of the molecule is COC(=O)[C@H](C[C@@]1(C(=O)O)CCCC1=N[C@@H](C)c1ccc(OC)cc1)NC(C)=O. The van der Waals surface area contributed by atoms with E-state index in [1.54, 1.807) is 7.11 Å². The van der Waals surface area contributed by atoms with Crippen molar-refractivity contribution in [2.75, 3.05) is 14.2 Å². The fourth-order valence-corrected chi connectivity index (χ4v) is 3.79. The van der Waals surface area contributed by atoms with Crippen LogP contribution in [0, 0.1) is 5.41 Å². The Bertz CT molecular complexity index is 789. The van der Waals surface area contributed by atoms with Gasteiger partial charge in [-0.3, -0.25) is 14.6 Å². The third-order valence-electron chi connectivity index (χ3n) is 5.34. The van der Waals surface area contributed by atoms with E-state index in [9.17, 15) is 19.5 Å². The predicted octanol–water partition coefficient (Wildman–Crippen LogP) is 2.52. The Hall–Kier alpha value is -2.90. The molecule has 0 aliphatic heterocycles. The van der Waals surface area contributed by atoms with E-state index in [0.717, 1.165) is 11.3 Å². The van der Waals surface area contributed by atoms with Crippen LogP contribution in [0.2, 0.25) is 0 Å². The van der Waals surface area contributed by atoms with Gasteiger partial charge >= 0.3 is 11.9 Å². The number of benzene rings is 1. The zero-order valence-electron chi connectivity index (χ0n) is 17.2. The fourth-order valence-electron chi connectivity index (χ4n) is 3.79. The number of aliphatic carboxylic acids is 1. The first-order chi connectivity index (χ1) is 13.7. The molecule has 0 heterocycles. The van der Waals surface area contributed by atoms with E-state index < -0.39 is 29.3 Å². The smallest absolute Gasteiger partial charge is 0.328 e. The molecular formula is C21H28N2O6. The number of carboxylic acids is 1. The molecule has 1 aliphatic carbocycles. The molecule has 3 atom stereocenters. The van der Waals surface area contributed by atoms with Crippen LogP contribution in [0.4, 0.5) is 0 Å². The molecule has 1 fully saturated rings. The van der Waals surface area contributed by atoms with E-state index in [1.165, 1.54) is 14.0 Å². The average Bonchev–Trinajstić information content (AvgIpc) is 3.09. The van der Waals surface area contributed by atoms with Crippen molar-refractivity contribution in [3.63, 3.8) is 0 Å². The van der Waals surface area contributed by atoms with Crippen molar-refractivity contribution in [2.45, 2.75) is 51.6 Å². The van der Waals surface area contributed by atoms with E-state index in [4.69, 9.17) is 14.5 Å². The van der Waals surface area contributed by atoms with Gasteiger partial charge in [-0.05, 0) is 50.3 Å². The van der Waals surface area contributed by atoms with Gasteiger partial charge in [-0.1, -0.05) is 12.1 Å². The molecule has 2 N–H and O–H groups in total. The summed E-state index contributed by atoms with van der Waals surface area (Å²) in [6.45, 7) is 3.17. The van der Waals surface area contributed by atoms with Gasteiger partial charge in [-0.25, -0.2) is 4.79 Å². The Labute approximate surface area is 170 Å². The van der Waals surface area contributed by atoms with Crippen LogP contribution in [0.25, 0.3) is 0 Å². The molecule has 0 spiro atoms. The molecule has 0 bridgehead atoms. The van der Waals surface area contributed by atoms with E-state index in [2.05, 4.69) is 5.32 Å². The zero-order chi connectivity index (χ0) is 21.6. The van der Waals surface area contributed by atoms with Gasteiger partial charge < -0.3 is 19.9 Å². The molecule has 0 saturated heterocycles. The highest BCUT2D eigenvalue weighted by Crippen LogP contribution is 2.42. The van der Waals surface area contributed by atoms with Gasteiger partial charge in [-0.15, -0.1) is 0 Å². The Morgan fingerprint density at radius 2 is 1.90 bits per heavy atom. The number of hydrogen-bond acceptors (Lipinski definition) is 6. The lowest BCUT2D eigenvalue weighted by Gasteiger charge is -2.29. The van der Waals surface area contributed by atoms with Crippen LogP contribution in [0.5, 0.6) is 5.75 Å². The monoisotopic (exact) mass is 404 g/mol. The summed E-state index contributed by atoms with van der Waals surface area (Å²) in [4.78, 5) is 40.7. The van der Waals surface area contributed by atoms with Crippen molar-refractivity contribution >= 4 is 23.6 Å². The number of aliphatic imine (C=N–C) groups is 1. The Morgan fingerprint density at radius 1 is 1.24 bits per heavy atom. The van der Waals surface area contributed by atoms with E-state index in [1.807, 2.05) is 31.2 Å². The fraction of sp³-hybridized carbons (Fsp3) is 0.524. The van der Waals surface area contributed by atoms with Gasteiger partial charge in [0.2, 0.25) is 5.91 Å². The lowest BCUT2D eigenvalue weighted by Crippen LogP contribution is -2.48. The molecular weight excluding hydrogens is 376 g/mol. The minimum atomic E-state index is -1.32. The molecule has 1 aromatic carbocycles. The molecule has 29 heavy (non-hydrogen) atoms. The van der Waals surface area contributed by atoms with Gasteiger partial charge in [0.05, 0.1) is 20.3 Å². The minimum absolute atomic E-state index is 0.0945. The normalized spacial score (nSPS) is 22.0. The second-order valence-corrected chi connectivity index (χ2v) is 7.25. The van der Waals surface area contributed by atoms with Crippen molar-refractivity contribution in [3.8, 4) is 5.75 Å². The number of methoxy groups -OCH3 is 2. The maximum Gasteiger partial charge on any atom is 0.328 e. The number of esters is 1. The molecule has 0 radical (unpaired) electrons.